The number of nitrogens with zero attached hydrogens (tertiary/aromatic N) is 1. The number of carbonyl (C=O) groups excluding carboxylic acids is 1. The number of thiophene rings is 1. The fourth-order valence-corrected chi connectivity index (χ4v) is 2.55. The summed E-state index contributed by atoms with van der Waals surface area (Å²) in [6.45, 7) is 2.36. The SMILES string of the molecule is Cc1cscc1CNC(=O)c1ccc(N)c([N+](=O)[O-])c1. The number of benzene rings is 1. The molecule has 2 aromatic rings. The monoisotopic (exact) mass is 291 g/mol. The van der Waals surface area contributed by atoms with Crippen LogP contribution in [0, 0.1) is 17.0 Å². The highest BCUT2D eigenvalue weighted by Gasteiger charge is 2.15. The van der Waals surface area contributed by atoms with Crippen molar-refractivity contribution in [2.75, 3.05) is 5.73 Å². The van der Waals surface area contributed by atoms with Gasteiger partial charge in [-0.2, -0.15) is 11.3 Å². The number of aryl methyl sites for hydroxylation is 1. The lowest BCUT2D eigenvalue weighted by atomic mass is 10.1. The van der Waals surface area contributed by atoms with Gasteiger partial charge in [0, 0.05) is 18.2 Å². The van der Waals surface area contributed by atoms with Crippen LogP contribution in [0.2, 0.25) is 0 Å². The summed E-state index contributed by atoms with van der Waals surface area (Å²) >= 11 is 1.56. The fourth-order valence-electron chi connectivity index (χ4n) is 1.69. The topological polar surface area (TPSA) is 98.3 Å². The molecule has 0 saturated carbocycles. The highest BCUT2D eigenvalue weighted by molar-refractivity contribution is 7.08. The Labute approximate surface area is 119 Å². The molecule has 0 spiro atoms. The van der Waals surface area contributed by atoms with Gasteiger partial charge in [-0.3, -0.25) is 14.9 Å². The molecule has 0 aliphatic carbocycles. The van der Waals surface area contributed by atoms with Crippen LogP contribution in [0.15, 0.2) is 29.0 Å². The van der Waals surface area contributed by atoms with Crippen molar-refractivity contribution < 1.29 is 9.72 Å². The lowest BCUT2D eigenvalue weighted by molar-refractivity contribution is -0.383. The van der Waals surface area contributed by atoms with E-state index in [-0.39, 0.29) is 22.8 Å². The van der Waals surface area contributed by atoms with E-state index in [1.807, 2.05) is 17.7 Å². The smallest absolute Gasteiger partial charge is 0.292 e. The summed E-state index contributed by atoms with van der Waals surface area (Å²) in [6, 6.07) is 4.02. The zero-order valence-corrected chi connectivity index (χ0v) is 11.6. The third-order valence-corrected chi connectivity index (χ3v) is 3.80. The van der Waals surface area contributed by atoms with Gasteiger partial charge in [0.25, 0.3) is 11.6 Å². The van der Waals surface area contributed by atoms with Gasteiger partial charge in [0.05, 0.1) is 4.92 Å². The van der Waals surface area contributed by atoms with E-state index in [0.717, 1.165) is 11.1 Å². The molecule has 1 aromatic heterocycles. The second kappa shape index (κ2) is 5.70. The molecule has 0 aliphatic heterocycles. The van der Waals surface area contributed by atoms with Gasteiger partial charge in [-0.05, 0) is 40.9 Å². The molecular weight excluding hydrogens is 278 g/mol. The summed E-state index contributed by atoms with van der Waals surface area (Å²) in [5, 5.41) is 17.5. The number of nitrogen functional groups attached to an aromatic ring is 1. The van der Waals surface area contributed by atoms with Crippen molar-refractivity contribution in [3.05, 3.63) is 55.8 Å². The van der Waals surface area contributed by atoms with Crippen molar-refractivity contribution >= 4 is 28.6 Å². The number of anilines is 1. The van der Waals surface area contributed by atoms with Crippen molar-refractivity contribution in [1.82, 2.24) is 5.32 Å². The Morgan fingerprint density at radius 3 is 2.80 bits per heavy atom. The van der Waals surface area contributed by atoms with E-state index in [1.165, 1.54) is 18.2 Å². The Kier molecular flexibility index (Phi) is 3.99. The molecule has 1 heterocycles. The Bertz CT molecular complexity index is 667. The largest absolute Gasteiger partial charge is 0.393 e. The number of nitro groups is 1. The summed E-state index contributed by atoms with van der Waals surface area (Å²) in [6.07, 6.45) is 0. The van der Waals surface area contributed by atoms with Crippen molar-refractivity contribution in [2.24, 2.45) is 0 Å². The van der Waals surface area contributed by atoms with Crippen molar-refractivity contribution in [2.45, 2.75) is 13.5 Å². The zero-order chi connectivity index (χ0) is 14.7. The quantitative estimate of drug-likeness (QED) is 0.513. The van der Waals surface area contributed by atoms with Crippen LogP contribution in [-0.2, 0) is 6.54 Å². The van der Waals surface area contributed by atoms with Crippen LogP contribution >= 0.6 is 11.3 Å². The van der Waals surface area contributed by atoms with Gasteiger partial charge < -0.3 is 11.1 Å². The number of nitro benzene ring substituents is 1. The van der Waals surface area contributed by atoms with E-state index < -0.39 is 4.92 Å². The Morgan fingerprint density at radius 2 is 2.20 bits per heavy atom. The fraction of sp³-hybridized carbons (Fsp3) is 0.154. The number of carbonyl (C=O) groups is 1. The van der Waals surface area contributed by atoms with Crippen LogP contribution in [0.25, 0.3) is 0 Å². The van der Waals surface area contributed by atoms with Crippen LogP contribution in [0.5, 0.6) is 0 Å². The molecule has 1 aromatic carbocycles. The normalized spacial score (nSPS) is 10.2. The maximum Gasteiger partial charge on any atom is 0.292 e. The van der Waals surface area contributed by atoms with Gasteiger partial charge >= 0.3 is 0 Å². The molecule has 0 saturated heterocycles. The molecule has 3 N–H and O–H groups in total. The lowest BCUT2D eigenvalue weighted by Gasteiger charge is -2.06. The average Bonchev–Trinajstić information content (AvgIpc) is 2.81. The van der Waals surface area contributed by atoms with Gasteiger partial charge in [-0.25, -0.2) is 0 Å². The average molecular weight is 291 g/mol. The maximum absolute atomic E-state index is 12.0. The van der Waals surface area contributed by atoms with Crippen molar-refractivity contribution in [3.63, 3.8) is 0 Å². The molecule has 0 fully saturated rings. The molecular formula is C13H13N3O3S. The number of hydrogen-bond acceptors (Lipinski definition) is 5. The van der Waals surface area contributed by atoms with Crippen molar-refractivity contribution in [3.8, 4) is 0 Å². The molecule has 2 rings (SSSR count). The number of nitrogens with two attached hydrogens (primary N) is 1. The molecule has 7 heteroatoms. The van der Waals surface area contributed by atoms with Crippen LogP contribution in [0.1, 0.15) is 21.5 Å². The van der Waals surface area contributed by atoms with Gasteiger partial charge in [0.15, 0.2) is 0 Å². The van der Waals surface area contributed by atoms with Crippen LogP contribution < -0.4 is 11.1 Å². The van der Waals surface area contributed by atoms with Gasteiger partial charge in [0.1, 0.15) is 5.69 Å². The molecule has 6 nitrogen and oxygen atoms in total. The summed E-state index contributed by atoms with van der Waals surface area (Å²) in [5.74, 6) is -0.362. The van der Waals surface area contributed by atoms with Crippen LogP contribution in [-0.4, -0.2) is 10.8 Å². The Morgan fingerprint density at radius 1 is 1.45 bits per heavy atom. The third kappa shape index (κ3) is 2.94. The van der Waals surface area contributed by atoms with Gasteiger partial charge in [-0.15, -0.1) is 0 Å². The maximum atomic E-state index is 12.0. The first-order valence-corrected chi connectivity index (χ1v) is 6.77. The zero-order valence-electron chi connectivity index (χ0n) is 10.8. The molecule has 0 unspecified atom stereocenters. The summed E-state index contributed by atoms with van der Waals surface area (Å²) in [5.41, 5.74) is 7.64. The van der Waals surface area contributed by atoms with E-state index in [0.29, 0.717) is 6.54 Å². The lowest BCUT2D eigenvalue weighted by Crippen LogP contribution is -2.23. The minimum atomic E-state index is -0.602. The minimum Gasteiger partial charge on any atom is -0.393 e. The van der Waals surface area contributed by atoms with E-state index in [1.54, 1.807) is 11.3 Å². The minimum absolute atomic E-state index is 0.0419. The first-order chi connectivity index (χ1) is 9.49. The van der Waals surface area contributed by atoms with Crippen molar-refractivity contribution in [1.29, 1.82) is 0 Å². The summed E-state index contributed by atoms with van der Waals surface area (Å²) in [7, 11) is 0. The van der Waals surface area contributed by atoms with E-state index in [4.69, 9.17) is 5.73 Å². The molecule has 0 radical (unpaired) electrons. The third-order valence-electron chi connectivity index (χ3n) is 2.89. The van der Waals surface area contributed by atoms with E-state index in [9.17, 15) is 14.9 Å². The predicted octanol–water partition coefficient (Wildman–Crippen LogP) is 2.48. The first kappa shape index (κ1) is 14.0. The molecule has 0 atom stereocenters. The summed E-state index contributed by atoms with van der Waals surface area (Å²) in [4.78, 5) is 22.1. The summed E-state index contributed by atoms with van der Waals surface area (Å²) < 4.78 is 0. The molecule has 20 heavy (non-hydrogen) atoms. The predicted molar refractivity (Wildman–Crippen MR) is 77.7 cm³/mol. The molecule has 0 bridgehead atoms. The second-order valence-corrected chi connectivity index (χ2v) is 5.04. The van der Waals surface area contributed by atoms with Crippen LogP contribution in [0.4, 0.5) is 11.4 Å². The standard InChI is InChI=1S/C13H13N3O3S/c1-8-6-20-7-10(8)5-15-13(17)9-2-3-11(14)12(4-9)16(18)19/h2-4,6-7H,5,14H2,1H3,(H,15,17). The second-order valence-electron chi connectivity index (χ2n) is 4.29. The van der Waals surface area contributed by atoms with Gasteiger partial charge in [0.2, 0.25) is 0 Å². The number of rotatable bonds is 4. The molecule has 104 valence electrons. The highest BCUT2D eigenvalue weighted by atomic mass is 32.1. The number of nitrogens with one attached hydrogen (secondary N) is 1. The number of hydrogen-bond donors (Lipinski definition) is 2. The Balaban J connectivity index is 2.12. The Hall–Kier alpha value is -2.41. The van der Waals surface area contributed by atoms with Crippen LogP contribution in [0.3, 0.4) is 0 Å². The molecule has 0 aliphatic rings. The number of amides is 1. The highest BCUT2D eigenvalue weighted by Crippen LogP contribution is 2.22. The van der Waals surface area contributed by atoms with E-state index >= 15 is 0 Å². The van der Waals surface area contributed by atoms with E-state index in [2.05, 4.69) is 5.32 Å². The van der Waals surface area contributed by atoms with Gasteiger partial charge in [-0.1, -0.05) is 0 Å². The first-order valence-electron chi connectivity index (χ1n) is 5.83. The molecule has 1 amide bonds.